The Kier molecular flexibility index (Phi) is 7.56. The predicted molar refractivity (Wildman–Crippen MR) is 136 cm³/mol. The second-order valence-corrected chi connectivity index (χ2v) is 14.5. The smallest absolute Gasteiger partial charge is 0.305 e. The molecule has 8 atom stereocenters. The molecule has 1 unspecified atom stereocenters. The largest absolute Gasteiger partial charge is 0.466 e. The Labute approximate surface area is 220 Å². The summed E-state index contributed by atoms with van der Waals surface area (Å²) in [6.45, 7) is 8.37. The van der Waals surface area contributed by atoms with E-state index in [2.05, 4.69) is 27.7 Å². The summed E-state index contributed by atoms with van der Waals surface area (Å²) < 4.78 is 35.5. The van der Waals surface area contributed by atoms with Crippen molar-refractivity contribution < 1.29 is 36.9 Å². The van der Waals surface area contributed by atoms with Gasteiger partial charge in [-0.2, -0.15) is 8.42 Å². The molecule has 37 heavy (non-hydrogen) atoms. The van der Waals surface area contributed by atoms with Crippen LogP contribution >= 0.6 is 0 Å². The topological polar surface area (TPSA) is 132 Å². The molecule has 0 spiro atoms. The molecule has 4 fully saturated rings. The molecular formula is C28H42O8S. The molecule has 9 heteroatoms. The number of esters is 1. The Hall–Kier alpha value is -1.61. The van der Waals surface area contributed by atoms with Crippen LogP contribution < -0.4 is 0 Å². The molecule has 8 nitrogen and oxygen atoms in total. The zero-order chi connectivity index (χ0) is 27.4. The van der Waals surface area contributed by atoms with Gasteiger partial charge in [0.15, 0.2) is 0 Å². The fraction of sp³-hybridized carbons (Fsp3) is 0.857. The lowest BCUT2D eigenvalue weighted by Crippen LogP contribution is -2.65. The van der Waals surface area contributed by atoms with Crippen molar-refractivity contribution in [1.29, 1.82) is 0 Å². The molecular weight excluding hydrogens is 496 g/mol. The number of carbonyl (C=O) groups is 4. The van der Waals surface area contributed by atoms with Crippen molar-refractivity contribution >= 4 is 33.4 Å². The maximum absolute atomic E-state index is 14.0. The Bertz CT molecular complexity index is 1080. The summed E-state index contributed by atoms with van der Waals surface area (Å²) in [7, 11) is -4.08. The van der Waals surface area contributed by atoms with E-state index in [9.17, 15) is 27.6 Å². The van der Waals surface area contributed by atoms with E-state index in [4.69, 9.17) is 9.29 Å². The molecule has 1 N–H and O–H groups in total. The Balaban J connectivity index is 1.45. The maximum Gasteiger partial charge on any atom is 0.305 e. The first-order valence-electron chi connectivity index (χ1n) is 13.8. The van der Waals surface area contributed by atoms with E-state index in [1.807, 2.05) is 0 Å². The van der Waals surface area contributed by atoms with Crippen LogP contribution in [0.25, 0.3) is 0 Å². The van der Waals surface area contributed by atoms with Crippen LogP contribution in [0, 0.1) is 45.8 Å². The highest BCUT2D eigenvalue weighted by atomic mass is 32.2. The summed E-state index contributed by atoms with van der Waals surface area (Å²) in [5, 5.41) is 0. The van der Waals surface area contributed by atoms with Crippen molar-refractivity contribution in [1.82, 2.24) is 0 Å². The van der Waals surface area contributed by atoms with E-state index in [0.717, 1.165) is 19.3 Å². The first-order valence-corrected chi connectivity index (χ1v) is 15.4. The van der Waals surface area contributed by atoms with Gasteiger partial charge >= 0.3 is 5.97 Å². The first kappa shape index (κ1) is 28.4. The molecule has 4 aliphatic rings. The molecule has 0 heterocycles. The minimum absolute atomic E-state index is 0.0308. The van der Waals surface area contributed by atoms with Gasteiger partial charge in [-0.3, -0.25) is 23.7 Å². The average molecular weight is 539 g/mol. The highest BCUT2D eigenvalue weighted by Crippen LogP contribution is 2.70. The van der Waals surface area contributed by atoms with Crippen LogP contribution in [0.5, 0.6) is 0 Å². The van der Waals surface area contributed by atoms with Crippen molar-refractivity contribution in [3.63, 3.8) is 0 Å². The summed E-state index contributed by atoms with van der Waals surface area (Å²) in [6, 6.07) is 0. The van der Waals surface area contributed by atoms with E-state index in [0.29, 0.717) is 32.1 Å². The van der Waals surface area contributed by atoms with E-state index < -0.39 is 32.7 Å². The highest BCUT2D eigenvalue weighted by Gasteiger charge is 2.71. The molecule has 0 amide bonds. The van der Waals surface area contributed by atoms with Crippen LogP contribution in [0.1, 0.15) is 91.9 Å². The molecule has 0 aliphatic heterocycles. The molecule has 0 saturated heterocycles. The Morgan fingerprint density at radius 2 is 1.70 bits per heavy atom. The van der Waals surface area contributed by atoms with Crippen molar-refractivity contribution in [3.05, 3.63) is 0 Å². The third-order valence-corrected chi connectivity index (χ3v) is 12.0. The zero-order valence-corrected chi connectivity index (χ0v) is 23.4. The number of ketones is 3. The Morgan fingerprint density at radius 3 is 2.38 bits per heavy atom. The van der Waals surface area contributed by atoms with E-state index in [1.165, 1.54) is 0 Å². The van der Waals surface area contributed by atoms with E-state index in [-0.39, 0.29) is 71.8 Å². The van der Waals surface area contributed by atoms with E-state index >= 15 is 0 Å². The van der Waals surface area contributed by atoms with Crippen molar-refractivity contribution in [2.24, 2.45) is 45.8 Å². The Morgan fingerprint density at radius 1 is 1.03 bits per heavy atom. The standard InChI is InChI=1S/C28H42O8S/c1-17(6-9-25(32)36-12-5-13-37(33,34)35)20-7-8-21-27(20,3)24(31)16-22-26(2)11-10-19(29)14-18(26)15-23(30)28(21,22)4/h17-18,20-22H,5-16H2,1-4H3,(H,33,34,35)/t17-,18?,20-,21-,22-,26+,27-,28+/m1/s1. The van der Waals surface area contributed by atoms with Crippen LogP contribution in [0.4, 0.5) is 0 Å². The van der Waals surface area contributed by atoms with Gasteiger partial charge in [0.25, 0.3) is 10.1 Å². The number of Topliss-reactive ketones (excluding diaryl/α,β-unsaturated/α-hetero) is 3. The molecule has 0 aromatic carbocycles. The number of hydrogen-bond acceptors (Lipinski definition) is 7. The number of carbonyl (C=O) groups excluding carboxylic acids is 4. The van der Waals surface area contributed by atoms with Gasteiger partial charge in [-0.15, -0.1) is 0 Å². The van der Waals surface area contributed by atoms with Gasteiger partial charge in [0.2, 0.25) is 0 Å². The number of hydrogen-bond donors (Lipinski definition) is 1. The second kappa shape index (κ2) is 9.85. The second-order valence-electron chi connectivity index (χ2n) is 12.9. The third-order valence-electron chi connectivity index (χ3n) is 11.2. The third kappa shape index (κ3) is 4.83. The van der Waals surface area contributed by atoms with Crippen LogP contribution in [0.15, 0.2) is 0 Å². The molecule has 0 radical (unpaired) electrons. The van der Waals surface area contributed by atoms with Gasteiger partial charge in [0, 0.05) is 42.9 Å². The van der Waals surface area contributed by atoms with Gasteiger partial charge in [0.05, 0.1) is 12.4 Å². The lowest BCUT2D eigenvalue weighted by atomic mass is 9.38. The van der Waals surface area contributed by atoms with Crippen molar-refractivity contribution in [2.75, 3.05) is 12.4 Å². The van der Waals surface area contributed by atoms with Crippen LogP contribution in [0.3, 0.4) is 0 Å². The number of fused-ring (bicyclic) bond motifs is 5. The highest BCUT2D eigenvalue weighted by molar-refractivity contribution is 7.85. The average Bonchev–Trinajstić information content (AvgIpc) is 3.18. The zero-order valence-electron chi connectivity index (χ0n) is 22.6. The quantitative estimate of drug-likeness (QED) is 0.276. The molecule has 4 saturated carbocycles. The molecule has 208 valence electrons. The minimum Gasteiger partial charge on any atom is -0.466 e. The normalized spacial score (nSPS) is 40.5. The summed E-state index contributed by atoms with van der Waals surface area (Å²) in [6.07, 6.45) is 4.98. The summed E-state index contributed by atoms with van der Waals surface area (Å²) in [5.74, 6) is -0.0552. The molecule has 0 aromatic heterocycles. The molecule has 0 bridgehead atoms. The maximum atomic E-state index is 14.0. The summed E-state index contributed by atoms with van der Waals surface area (Å²) in [4.78, 5) is 52.2. The summed E-state index contributed by atoms with van der Waals surface area (Å²) >= 11 is 0. The van der Waals surface area contributed by atoms with Gasteiger partial charge in [0.1, 0.15) is 17.3 Å². The first-order chi connectivity index (χ1) is 17.1. The number of ether oxygens (including phenoxy) is 1. The lowest BCUT2D eigenvalue weighted by molar-refractivity contribution is -0.185. The molecule has 4 rings (SSSR count). The van der Waals surface area contributed by atoms with Gasteiger partial charge in [-0.05, 0) is 67.1 Å². The van der Waals surface area contributed by atoms with Crippen LogP contribution in [-0.2, 0) is 34.0 Å². The van der Waals surface area contributed by atoms with E-state index in [1.54, 1.807) is 0 Å². The summed E-state index contributed by atoms with van der Waals surface area (Å²) in [5.41, 5.74) is -1.36. The molecule has 4 aliphatic carbocycles. The fourth-order valence-corrected chi connectivity index (χ4v) is 9.53. The predicted octanol–water partition coefficient (Wildman–Crippen LogP) is 4.20. The van der Waals surface area contributed by atoms with Crippen LogP contribution in [0.2, 0.25) is 0 Å². The van der Waals surface area contributed by atoms with Gasteiger partial charge < -0.3 is 4.74 Å². The number of rotatable bonds is 8. The minimum atomic E-state index is -4.08. The van der Waals surface area contributed by atoms with Crippen molar-refractivity contribution in [2.45, 2.75) is 91.9 Å². The van der Waals surface area contributed by atoms with Gasteiger partial charge in [-0.25, -0.2) is 0 Å². The molecule has 0 aromatic rings. The monoisotopic (exact) mass is 538 g/mol. The fourth-order valence-electron chi connectivity index (χ4n) is 9.05. The van der Waals surface area contributed by atoms with Gasteiger partial charge in [-0.1, -0.05) is 27.7 Å². The SMILES string of the molecule is C[C@H](CCC(=O)OCCCS(=O)(=O)O)[C@H]1CC[C@@H]2[C@]1(C)C(=O)C[C@H]1[C@@]2(C)C(=O)CC2CC(=O)CC[C@@]21C. The lowest BCUT2D eigenvalue weighted by Gasteiger charge is -2.63. The van der Waals surface area contributed by atoms with Crippen molar-refractivity contribution in [3.8, 4) is 0 Å². The van der Waals surface area contributed by atoms with Crippen LogP contribution in [-0.4, -0.2) is 48.6 Å².